The number of methoxy groups -OCH3 is 1. The van der Waals surface area contributed by atoms with Gasteiger partial charge in [0.2, 0.25) is 11.1 Å². The van der Waals surface area contributed by atoms with E-state index in [1.165, 1.54) is 11.8 Å². The van der Waals surface area contributed by atoms with E-state index in [1.807, 2.05) is 66.7 Å². The van der Waals surface area contributed by atoms with Gasteiger partial charge in [0.05, 0.1) is 7.11 Å². The first-order valence-electron chi connectivity index (χ1n) is 10.2. The van der Waals surface area contributed by atoms with Crippen molar-refractivity contribution in [3.05, 3.63) is 90.3 Å². The van der Waals surface area contributed by atoms with Crippen molar-refractivity contribution in [2.75, 3.05) is 7.11 Å². The van der Waals surface area contributed by atoms with Crippen molar-refractivity contribution in [2.45, 2.75) is 23.4 Å². The summed E-state index contributed by atoms with van der Waals surface area (Å²) in [6.07, 6.45) is 3.77. The van der Waals surface area contributed by atoms with Crippen LogP contribution in [0.1, 0.15) is 22.8 Å². The van der Waals surface area contributed by atoms with E-state index in [0.29, 0.717) is 23.9 Å². The third-order valence-electron chi connectivity index (χ3n) is 4.83. The summed E-state index contributed by atoms with van der Waals surface area (Å²) in [5.74, 6) is 1.41. The zero-order valence-electron chi connectivity index (χ0n) is 17.6. The second-order valence-electron chi connectivity index (χ2n) is 7.05. The lowest BCUT2D eigenvalue weighted by atomic mass is 10.1. The molecular formula is C24H23N5O2S. The molecule has 2 aromatic heterocycles. The molecule has 4 rings (SSSR count). The lowest BCUT2D eigenvalue weighted by Crippen LogP contribution is -2.24. The number of aromatic nitrogens is 4. The number of pyridine rings is 1. The number of thioether (sulfide) groups is 1. The molecule has 2 aromatic carbocycles. The Kier molecular flexibility index (Phi) is 7.14. The molecule has 0 fully saturated rings. The number of hydrogen-bond acceptors (Lipinski definition) is 6. The molecule has 7 nitrogen and oxygen atoms in total. The molecule has 0 saturated carbocycles. The molecule has 2 heterocycles. The number of benzene rings is 2. The molecule has 0 bridgehead atoms. The third kappa shape index (κ3) is 5.73. The van der Waals surface area contributed by atoms with Gasteiger partial charge in [-0.1, -0.05) is 48.2 Å². The van der Waals surface area contributed by atoms with Gasteiger partial charge in [-0.25, -0.2) is 4.98 Å². The zero-order valence-corrected chi connectivity index (χ0v) is 18.4. The van der Waals surface area contributed by atoms with Gasteiger partial charge in [-0.3, -0.25) is 14.9 Å². The average Bonchev–Trinajstić information content (AvgIpc) is 3.32. The molecule has 0 aliphatic carbocycles. The Labute approximate surface area is 190 Å². The third-order valence-corrected chi connectivity index (χ3v) is 5.95. The summed E-state index contributed by atoms with van der Waals surface area (Å²) in [7, 11) is 1.63. The Hall–Kier alpha value is -3.65. The van der Waals surface area contributed by atoms with Crippen LogP contribution in [-0.4, -0.2) is 33.2 Å². The van der Waals surface area contributed by atoms with Crippen LogP contribution in [0.3, 0.4) is 0 Å². The first-order chi connectivity index (χ1) is 15.7. The number of aromatic amines is 1. The molecule has 0 aliphatic heterocycles. The van der Waals surface area contributed by atoms with E-state index < -0.39 is 0 Å². The van der Waals surface area contributed by atoms with Gasteiger partial charge in [-0.2, -0.15) is 0 Å². The monoisotopic (exact) mass is 445 g/mol. The molecule has 2 N–H and O–H groups in total. The standard InChI is InChI=1S/C24H23N5O2S/c1-31-20-11-9-19(10-12-20)23-27-24(29-28-23)32-21(18-7-3-2-4-8-18)14-22(30)26-16-17-6-5-13-25-15-17/h2-13,15,21H,14,16H2,1H3,(H,26,30)(H,27,28,29)/t21-/m1/s1. The Morgan fingerprint density at radius 2 is 1.91 bits per heavy atom. The molecule has 162 valence electrons. The number of nitrogens with one attached hydrogen (secondary N) is 2. The lowest BCUT2D eigenvalue weighted by Gasteiger charge is -2.15. The van der Waals surface area contributed by atoms with Gasteiger partial charge in [-0.15, -0.1) is 5.10 Å². The zero-order chi connectivity index (χ0) is 22.2. The van der Waals surface area contributed by atoms with Crippen molar-refractivity contribution in [2.24, 2.45) is 0 Å². The minimum absolute atomic E-state index is 0.0406. The first kappa shape index (κ1) is 21.6. The average molecular weight is 446 g/mol. The van der Waals surface area contributed by atoms with Crippen LogP contribution in [0.2, 0.25) is 0 Å². The number of nitrogens with zero attached hydrogens (tertiary/aromatic N) is 3. The SMILES string of the molecule is COc1ccc(-c2nc(S[C@H](CC(=O)NCc3cccnc3)c3ccccc3)n[nH]2)cc1. The Balaban J connectivity index is 1.45. The maximum absolute atomic E-state index is 12.7. The van der Waals surface area contributed by atoms with Crippen LogP contribution in [0.5, 0.6) is 5.75 Å². The van der Waals surface area contributed by atoms with Gasteiger partial charge < -0.3 is 10.1 Å². The second-order valence-corrected chi connectivity index (χ2v) is 8.22. The molecule has 0 radical (unpaired) electrons. The summed E-state index contributed by atoms with van der Waals surface area (Å²) in [6.45, 7) is 0.446. The van der Waals surface area contributed by atoms with E-state index in [-0.39, 0.29) is 11.2 Å². The highest BCUT2D eigenvalue weighted by Gasteiger charge is 2.20. The van der Waals surface area contributed by atoms with Crippen LogP contribution < -0.4 is 10.1 Å². The van der Waals surface area contributed by atoms with Gasteiger partial charge in [0, 0.05) is 36.2 Å². The van der Waals surface area contributed by atoms with Crippen molar-refractivity contribution in [1.29, 1.82) is 0 Å². The summed E-state index contributed by atoms with van der Waals surface area (Å²) < 4.78 is 5.21. The number of H-pyrrole nitrogens is 1. The van der Waals surface area contributed by atoms with Gasteiger partial charge >= 0.3 is 0 Å². The van der Waals surface area contributed by atoms with Gasteiger partial charge in [0.25, 0.3) is 0 Å². The number of hydrogen-bond donors (Lipinski definition) is 2. The predicted molar refractivity (Wildman–Crippen MR) is 124 cm³/mol. The summed E-state index contributed by atoms with van der Waals surface area (Å²) in [5, 5.41) is 10.8. The highest BCUT2D eigenvalue weighted by molar-refractivity contribution is 7.99. The summed E-state index contributed by atoms with van der Waals surface area (Å²) >= 11 is 1.46. The molecular weight excluding hydrogens is 422 g/mol. The summed E-state index contributed by atoms with van der Waals surface area (Å²) in [4.78, 5) is 21.4. The number of carbonyl (C=O) groups excluding carboxylic acids is 1. The van der Waals surface area contributed by atoms with Gasteiger partial charge in [-0.05, 0) is 41.5 Å². The summed E-state index contributed by atoms with van der Waals surface area (Å²) in [6, 6.07) is 21.3. The number of amides is 1. The lowest BCUT2D eigenvalue weighted by molar-refractivity contribution is -0.121. The van der Waals surface area contributed by atoms with Crippen LogP contribution in [0, 0.1) is 0 Å². The molecule has 32 heavy (non-hydrogen) atoms. The number of carbonyl (C=O) groups is 1. The Morgan fingerprint density at radius 1 is 1.09 bits per heavy atom. The van der Waals surface area contributed by atoms with Crippen molar-refractivity contribution in [1.82, 2.24) is 25.5 Å². The molecule has 0 spiro atoms. The van der Waals surface area contributed by atoms with Crippen LogP contribution >= 0.6 is 11.8 Å². The normalized spacial score (nSPS) is 11.7. The molecule has 8 heteroatoms. The Morgan fingerprint density at radius 3 is 2.62 bits per heavy atom. The number of ether oxygens (including phenoxy) is 1. The smallest absolute Gasteiger partial charge is 0.221 e. The highest BCUT2D eigenvalue weighted by atomic mass is 32.2. The van der Waals surface area contributed by atoms with E-state index in [0.717, 1.165) is 22.4 Å². The number of rotatable bonds is 9. The fraction of sp³-hybridized carbons (Fsp3) is 0.167. The van der Waals surface area contributed by atoms with Crippen molar-refractivity contribution in [3.8, 4) is 17.1 Å². The molecule has 1 amide bonds. The van der Waals surface area contributed by atoms with Crippen molar-refractivity contribution >= 4 is 17.7 Å². The molecule has 0 aliphatic rings. The quantitative estimate of drug-likeness (QED) is 0.371. The van der Waals surface area contributed by atoms with E-state index in [9.17, 15) is 4.79 Å². The van der Waals surface area contributed by atoms with E-state index in [1.54, 1.807) is 19.5 Å². The largest absolute Gasteiger partial charge is 0.497 e. The van der Waals surface area contributed by atoms with Crippen LogP contribution in [0.25, 0.3) is 11.4 Å². The predicted octanol–water partition coefficient (Wildman–Crippen LogP) is 4.42. The van der Waals surface area contributed by atoms with Gasteiger partial charge in [0.1, 0.15) is 5.75 Å². The molecule has 1 atom stereocenters. The fourth-order valence-electron chi connectivity index (χ4n) is 3.14. The van der Waals surface area contributed by atoms with Crippen molar-refractivity contribution < 1.29 is 9.53 Å². The molecule has 0 saturated heterocycles. The first-order valence-corrected chi connectivity index (χ1v) is 11.0. The van der Waals surface area contributed by atoms with E-state index in [4.69, 9.17) is 4.74 Å². The van der Waals surface area contributed by atoms with Gasteiger partial charge in [0.15, 0.2) is 5.82 Å². The van der Waals surface area contributed by atoms with E-state index in [2.05, 4.69) is 25.5 Å². The highest BCUT2D eigenvalue weighted by Crippen LogP contribution is 2.36. The maximum atomic E-state index is 12.7. The Bertz CT molecular complexity index is 1130. The topological polar surface area (TPSA) is 92.8 Å². The van der Waals surface area contributed by atoms with Crippen LogP contribution in [0.4, 0.5) is 0 Å². The fourth-order valence-corrected chi connectivity index (χ4v) is 4.17. The second kappa shape index (κ2) is 10.6. The minimum Gasteiger partial charge on any atom is -0.497 e. The molecule has 4 aromatic rings. The maximum Gasteiger partial charge on any atom is 0.221 e. The van der Waals surface area contributed by atoms with Crippen LogP contribution in [-0.2, 0) is 11.3 Å². The van der Waals surface area contributed by atoms with E-state index >= 15 is 0 Å². The minimum atomic E-state index is -0.121. The van der Waals surface area contributed by atoms with Crippen molar-refractivity contribution in [3.63, 3.8) is 0 Å². The van der Waals surface area contributed by atoms with Crippen LogP contribution in [0.15, 0.2) is 84.3 Å². The summed E-state index contributed by atoms with van der Waals surface area (Å²) in [5.41, 5.74) is 2.92. The molecule has 0 unspecified atom stereocenters.